The highest BCUT2D eigenvalue weighted by Crippen LogP contribution is 2.45. The van der Waals surface area contributed by atoms with Gasteiger partial charge in [-0.15, -0.1) is 5.11 Å². The van der Waals surface area contributed by atoms with Gasteiger partial charge in [0.25, 0.3) is 0 Å². The molecule has 0 atom stereocenters. The summed E-state index contributed by atoms with van der Waals surface area (Å²) in [6.07, 6.45) is 0. The van der Waals surface area contributed by atoms with Crippen molar-refractivity contribution in [2.24, 2.45) is 10.2 Å². The van der Waals surface area contributed by atoms with Crippen LogP contribution in [0.2, 0.25) is 0 Å². The van der Waals surface area contributed by atoms with Gasteiger partial charge in [0.15, 0.2) is 5.69 Å². The van der Waals surface area contributed by atoms with Crippen LogP contribution in [-0.2, 0) is 0 Å². The number of benzene rings is 2. The van der Waals surface area contributed by atoms with E-state index in [9.17, 15) is 5.11 Å². The number of fused-ring (bicyclic) bond motifs is 1. The number of aryl methyl sites for hydroxylation is 3. The van der Waals surface area contributed by atoms with Gasteiger partial charge in [-0.25, -0.2) is 0 Å². The van der Waals surface area contributed by atoms with E-state index >= 15 is 0 Å². The number of nitrogens with zero attached hydrogens (tertiary/aromatic N) is 3. The third-order valence-corrected chi connectivity index (χ3v) is 5.81. The minimum absolute atomic E-state index is 0.221. The second-order valence-corrected chi connectivity index (χ2v) is 7.87. The molecule has 0 radical (unpaired) electrons. The number of hydrogen-bond donors (Lipinski definition) is 1. The molecule has 1 fully saturated rings. The summed E-state index contributed by atoms with van der Waals surface area (Å²) in [5.41, 5.74) is 5.86. The van der Waals surface area contributed by atoms with Crippen molar-refractivity contribution < 1.29 is 5.11 Å². The smallest absolute Gasteiger partial charge is 0.221 e. The summed E-state index contributed by atoms with van der Waals surface area (Å²) in [5, 5.41) is 20.6. The molecule has 0 amide bonds. The van der Waals surface area contributed by atoms with E-state index in [0.29, 0.717) is 11.7 Å². The lowest BCUT2D eigenvalue weighted by Crippen LogP contribution is -2.22. The first-order valence-corrected chi connectivity index (χ1v) is 9.59. The summed E-state index contributed by atoms with van der Waals surface area (Å²) >= 11 is 1.90. The van der Waals surface area contributed by atoms with Crippen LogP contribution in [0.3, 0.4) is 0 Å². The Balaban J connectivity index is 1.84. The lowest BCUT2D eigenvalue weighted by atomic mass is 10.1. The van der Waals surface area contributed by atoms with E-state index in [1.165, 1.54) is 0 Å². The van der Waals surface area contributed by atoms with E-state index < -0.39 is 0 Å². The van der Waals surface area contributed by atoms with Gasteiger partial charge in [0.05, 0.1) is 17.2 Å². The molecule has 1 aliphatic rings. The molecule has 0 unspecified atom stereocenters. The van der Waals surface area contributed by atoms with Gasteiger partial charge in [-0.05, 0) is 56.2 Å². The normalized spacial score (nSPS) is 15.2. The molecule has 1 saturated heterocycles. The van der Waals surface area contributed by atoms with Crippen LogP contribution in [0.25, 0.3) is 10.9 Å². The van der Waals surface area contributed by atoms with Crippen LogP contribution in [0.1, 0.15) is 22.7 Å². The summed E-state index contributed by atoms with van der Waals surface area (Å²) in [6.45, 7) is 6.15. The topological polar surface area (TPSA) is 49.9 Å². The lowest BCUT2D eigenvalue weighted by Gasteiger charge is -2.27. The number of hydrogen-bond acceptors (Lipinski definition) is 4. The van der Waals surface area contributed by atoms with Crippen molar-refractivity contribution in [1.82, 2.24) is 4.57 Å². The van der Waals surface area contributed by atoms with Crippen LogP contribution >= 0.6 is 11.8 Å². The van der Waals surface area contributed by atoms with Crippen LogP contribution in [0.4, 0.5) is 11.4 Å². The largest absolute Gasteiger partial charge is 0.493 e. The Morgan fingerprint density at radius 3 is 2.32 bits per heavy atom. The Bertz CT molecular complexity index is 966. The van der Waals surface area contributed by atoms with Crippen molar-refractivity contribution >= 4 is 34.0 Å². The standard InChI is InChI=1S/C20H21N3OS/c1-12-4-5-18-17(9-12)19(20(24)23(18)16-10-25-11-16)22-21-15-7-13(2)6-14(3)8-15/h4-9,16,24H,10-11H2,1-3H3. The minimum Gasteiger partial charge on any atom is -0.493 e. The maximum atomic E-state index is 10.8. The number of aromatic nitrogens is 1. The fraction of sp³-hybridized carbons (Fsp3) is 0.300. The molecule has 0 aliphatic carbocycles. The number of aromatic hydroxyl groups is 1. The van der Waals surface area contributed by atoms with Crippen LogP contribution in [-0.4, -0.2) is 21.2 Å². The van der Waals surface area contributed by atoms with Crippen LogP contribution in [0.15, 0.2) is 46.6 Å². The zero-order valence-corrected chi connectivity index (χ0v) is 15.5. The van der Waals surface area contributed by atoms with Crippen LogP contribution in [0, 0.1) is 20.8 Å². The molecule has 0 bridgehead atoms. The molecular formula is C20H21N3OS. The van der Waals surface area contributed by atoms with Crippen molar-refractivity contribution in [2.75, 3.05) is 11.5 Å². The molecule has 1 N–H and O–H groups in total. The minimum atomic E-state index is 0.221. The third kappa shape index (κ3) is 2.93. The van der Waals surface area contributed by atoms with Gasteiger partial charge < -0.3 is 9.67 Å². The molecule has 3 aromatic rings. The second-order valence-electron chi connectivity index (χ2n) is 6.80. The quantitative estimate of drug-likeness (QED) is 0.590. The molecule has 25 heavy (non-hydrogen) atoms. The van der Waals surface area contributed by atoms with Crippen LogP contribution < -0.4 is 0 Å². The molecule has 1 aliphatic heterocycles. The molecule has 128 valence electrons. The first kappa shape index (κ1) is 16.2. The van der Waals surface area contributed by atoms with Gasteiger partial charge in [-0.2, -0.15) is 16.9 Å². The van der Waals surface area contributed by atoms with E-state index in [1.54, 1.807) is 0 Å². The van der Waals surface area contributed by atoms with E-state index in [0.717, 1.165) is 44.8 Å². The molecule has 2 heterocycles. The van der Waals surface area contributed by atoms with Crippen LogP contribution in [0.5, 0.6) is 5.88 Å². The molecule has 4 nitrogen and oxygen atoms in total. The second kappa shape index (κ2) is 6.23. The average Bonchev–Trinajstić information content (AvgIpc) is 2.75. The first-order chi connectivity index (χ1) is 12.0. The summed E-state index contributed by atoms with van der Waals surface area (Å²) in [5.74, 6) is 2.27. The Kier molecular flexibility index (Phi) is 4.04. The highest BCUT2D eigenvalue weighted by molar-refractivity contribution is 8.00. The van der Waals surface area contributed by atoms with E-state index in [2.05, 4.69) is 41.4 Å². The highest BCUT2D eigenvalue weighted by Gasteiger charge is 2.27. The molecule has 0 saturated carbocycles. The SMILES string of the molecule is Cc1cc(C)cc(N=Nc2c(O)n(C3CSC3)c3ccc(C)cc23)c1. The van der Waals surface area contributed by atoms with Gasteiger partial charge in [0, 0.05) is 16.9 Å². The predicted octanol–water partition coefficient (Wildman–Crippen LogP) is 5.98. The summed E-state index contributed by atoms with van der Waals surface area (Å²) < 4.78 is 2.02. The summed E-state index contributed by atoms with van der Waals surface area (Å²) in [4.78, 5) is 0. The van der Waals surface area contributed by atoms with Crippen molar-refractivity contribution in [3.63, 3.8) is 0 Å². The molecular weight excluding hydrogens is 330 g/mol. The lowest BCUT2D eigenvalue weighted by molar-refractivity contribution is 0.406. The predicted molar refractivity (Wildman–Crippen MR) is 105 cm³/mol. The van der Waals surface area contributed by atoms with Crippen molar-refractivity contribution in [2.45, 2.75) is 26.8 Å². The van der Waals surface area contributed by atoms with Gasteiger partial charge in [-0.3, -0.25) is 0 Å². The van der Waals surface area contributed by atoms with Gasteiger partial charge in [0.2, 0.25) is 5.88 Å². The fourth-order valence-corrected chi connectivity index (χ4v) is 4.10. The molecule has 2 aromatic carbocycles. The van der Waals surface area contributed by atoms with Crippen molar-refractivity contribution in [3.8, 4) is 5.88 Å². The van der Waals surface area contributed by atoms with E-state index in [4.69, 9.17) is 0 Å². The monoisotopic (exact) mass is 351 g/mol. The number of azo groups is 1. The van der Waals surface area contributed by atoms with Gasteiger partial charge in [0.1, 0.15) is 0 Å². The third-order valence-electron chi connectivity index (χ3n) is 4.56. The zero-order valence-electron chi connectivity index (χ0n) is 14.7. The van der Waals surface area contributed by atoms with Gasteiger partial charge in [-0.1, -0.05) is 17.7 Å². The van der Waals surface area contributed by atoms with Crippen molar-refractivity contribution in [3.05, 3.63) is 53.1 Å². The van der Waals surface area contributed by atoms with E-state index in [-0.39, 0.29) is 5.88 Å². The molecule has 5 heteroatoms. The Hall–Kier alpha value is -2.27. The molecule has 0 spiro atoms. The maximum absolute atomic E-state index is 10.8. The summed E-state index contributed by atoms with van der Waals surface area (Å²) in [7, 11) is 0. The maximum Gasteiger partial charge on any atom is 0.221 e. The zero-order chi connectivity index (χ0) is 17.6. The van der Waals surface area contributed by atoms with Crippen molar-refractivity contribution in [1.29, 1.82) is 0 Å². The fourth-order valence-electron chi connectivity index (χ4n) is 3.35. The van der Waals surface area contributed by atoms with Gasteiger partial charge >= 0.3 is 0 Å². The number of rotatable bonds is 3. The Morgan fingerprint density at radius 1 is 0.960 bits per heavy atom. The molecule has 4 rings (SSSR count). The average molecular weight is 351 g/mol. The first-order valence-electron chi connectivity index (χ1n) is 8.44. The molecule has 1 aromatic heterocycles. The summed E-state index contributed by atoms with van der Waals surface area (Å²) in [6, 6.07) is 12.7. The highest BCUT2D eigenvalue weighted by atomic mass is 32.2. The number of thioether (sulfide) groups is 1. The Labute approximate surface area is 151 Å². The Morgan fingerprint density at radius 2 is 1.68 bits per heavy atom. The van der Waals surface area contributed by atoms with E-state index in [1.807, 2.05) is 42.3 Å².